The highest BCUT2D eigenvalue weighted by atomic mass is 35.7. The molecule has 52 valence electrons. The summed E-state index contributed by atoms with van der Waals surface area (Å²) in [5.74, 6) is 0. The molecule has 0 aromatic rings. The number of hydrogen-bond donors (Lipinski definition) is 0. The first-order valence-electron chi connectivity index (χ1n) is 3.50. The Labute approximate surface area is 59.9 Å². The molecule has 2 saturated carbocycles. The summed E-state index contributed by atoms with van der Waals surface area (Å²) in [7, 11) is 0. The lowest BCUT2D eigenvalue weighted by molar-refractivity contribution is 0.582. The predicted octanol–water partition coefficient (Wildman–Crippen LogP) is 2.83. The smallest absolute Gasteiger partial charge is 0.175 e. The molecule has 0 aromatic carbocycles. The van der Waals surface area contributed by atoms with Gasteiger partial charge in [-0.3, -0.25) is 0 Å². The van der Waals surface area contributed by atoms with Gasteiger partial charge in [-0.2, -0.15) is 0 Å². The molecule has 3 heteroatoms. The second kappa shape index (κ2) is 1.77. The van der Waals surface area contributed by atoms with Gasteiger partial charge in [-0.1, -0.05) is 11.2 Å². The lowest BCUT2D eigenvalue weighted by Gasteiger charge is -2.04. The van der Waals surface area contributed by atoms with Crippen LogP contribution >= 0.6 is 17.7 Å². The van der Waals surface area contributed by atoms with Crippen molar-refractivity contribution in [2.45, 2.75) is 37.0 Å². The van der Waals surface area contributed by atoms with Gasteiger partial charge in [-0.05, 0) is 25.7 Å². The summed E-state index contributed by atoms with van der Waals surface area (Å²) in [4.78, 5) is 0. The summed E-state index contributed by atoms with van der Waals surface area (Å²) in [6, 6.07) is 0. The van der Waals surface area contributed by atoms with E-state index in [4.69, 9.17) is 11.2 Å². The van der Waals surface area contributed by atoms with Crippen LogP contribution in [0.25, 0.3) is 0 Å². The van der Waals surface area contributed by atoms with E-state index in [1.54, 1.807) is 0 Å². The summed E-state index contributed by atoms with van der Waals surface area (Å²) in [5.41, 5.74) is 0.846. The molecule has 1 nitrogen and oxygen atoms in total. The molecule has 0 heterocycles. The molecule has 0 saturated heterocycles. The van der Waals surface area contributed by atoms with Crippen LogP contribution in [0.2, 0.25) is 0 Å². The van der Waals surface area contributed by atoms with E-state index in [-0.39, 0.29) is 0 Å². The maximum absolute atomic E-state index is 11.5. The molecular weight excluding hydrogens is 154 g/mol. The van der Waals surface area contributed by atoms with Crippen LogP contribution in [-0.4, -0.2) is 11.3 Å². The first-order chi connectivity index (χ1) is 4.21. The SMILES string of the molecule is O=P(Cl)(C1CC1)C1CC1. The molecular formula is C6H10ClOP. The van der Waals surface area contributed by atoms with Gasteiger partial charge in [-0.25, -0.2) is 0 Å². The van der Waals surface area contributed by atoms with Gasteiger partial charge >= 0.3 is 0 Å². The number of hydrogen-bond acceptors (Lipinski definition) is 1. The van der Waals surface area contributed by atoms with Gasteiger partial charge < -0.3 is 4.57 Å². The predicted molar refractivity (Wildman–Crippen MR) is 39.5 cm³/mol. The van der Waals surface area contributed by atoms with Gasteiger partial charge in [0.1, 0.15) is 0 Å². The minimum atomic E-state index is -2.14. The van der Waals surface area contributed by atoms with E-state index in [1.807, 2.05) is 0 Å². The molecule has 2 aliphatic carbocycles. The molecule has 2 rings (SSSR count). The third-order valence-electron chi connectivity index (χ3n) is 2.09. The van der Waals surface area contributed by atoms with Crippen molar-refractivity contribution in [1.29, 1.82) is 0 Å². The van der Waals surface area contributed by atoms with E-state index in [0.29, 0.717) is 11.3 Å². The van der Waals surface area contributed by atoms with Gasteiger partial charge in [0.15, 0.2) is 6.49 Å². The largest absolute Gasteiger partial charge is 0.306 e. The minimum Gasteiger partial charge on any atom is -0.306 e. The number of rotatable bonds is 2. The highest BCUT2D eigenvalue weighted by Gasteiger charge is 2.49. The Kier molecular flexibility index (Phi) is 1.22. The second-order valence-electron chi connectivity index (χ2n) is 3.09. The third kappa shape index (κ3) is 1.06. The summed E-state index contributed by atoms with van der Waals surface area (Å²) in [6.07, 6.45) is 4.49. The van der Waals surface area contributed by atoms with Crippen molar-refractivity contribution in [3.63, 3.8) is 0 Å². The van der Waals surface area contributed by atoms with Crippen LogP contribution in [0.4, 0.5) is 0 Å². The minimum absolute atomic E-state index is 0.423. The monoisotopic (exact) mass is 164 g/mol. The van der Waals surface area contributed by atoms with Gasteiger partial charge in [-0.15, -0.1) is 0 Å². The summed E-state index contributed by atoms with van der Waals surface area (Å²) in [5, 5.41) is 0. The van der Waals surface area contributed by atoms with E-state index in [2.05, 4.69) is 0 Å². The van der Waals surface area contributed by atoms with E-state index < -0.39 is 6.49 Å². The molecule has 9 heavy (non-hydrogen) atoms. The summed E-state index contributed by atoms with van der Waals surface area (Å²) >= 11 is 5.89. The molecule has 0 aliphatic heterocycles. The van der Waals surface area contributed by atoms with Crippen LogP contribution in [0.15, 0.2) is 0 Å². The third-order valence-corrected chi connectivity index (χ3v) is 6.77. The fourth-order valence-corrected chi connectivity index (χ4v) is 4.63. The Morgan fingerprint density at radius 3 is 1.67 bits per heavy atom. The summed E-state index contributed by atoms with van der Waals surface area (Å²) in [6.45, 7) is -2.14. The molecule has 0 spiro atoms. The molecule has 2 fully saturated rings. The van der Waals surface area contributed by atoms with E-state index >= 15 is 0 Å². The zero-order valence-corrected chi connectivity index (χ0v) is 6.87. The van der Waals surface area contributed by atoms with Gasteiger partial charge in [0, 0.05) is 11.3 Å². The lowest BCUT2D eigenvalue weighted by Crippen LogP contribution is -1.85. The first-order valence-corrected chi connectivity index (χ1v) is 6.25. The van der Waals surface area contributed by atoms with Crippen molar-refractivity contribution < 1.29 is 4.57 Å². The average Bonchev–Trinajstić information content (AvgIpc) is 2.62. The Balaban J connectivity index is 2.10. The van der Waals surface area contributed by atoms with Crippen molar-refractivity contribution in [2.24, 2.45) is 0 Å². The molecule has 0 amide bonds. The van der Waals surface area contributed by atoms with Crippen molar-refractivity contribution in [3.05, 3.63) is 0 Å². The summed E-state index contributed by atoms with van der Waals surface area (Å²) < 4.78 is 11.5. The Hall–Kier alpha value is 0.520. The fourth-order valence-electron chi connectivity index (χ4n) is 1.15. The maximum atomic E-state index is 11.5. The Bertz CT molecular complexity index is 156. The average molecular weight is 165 g/mol. The first kappa shape index (κ1) is 6.24. The molecule has 0 atom stereocenters. The van der Waals surface area contributed by atoms with Crippen LogP contribution in [-0.2, 0) is 4.57 Å². The van der Waals surface area contributed by atoms with Gasteiger partial charge in [0.2, 0.25) is 0 Å². The molecule has 0 radical (unpaired) electrons. The van der Waals surface area contributed by atoms with Crippen LogP contribution in [0.5, 0.6) is 0 Å². The topological polar surface area (TPSA) is 17.1 Å². The second-order valence-corrected chi connectivity index (χ2v) is 7.38. The lowest BCUT2D eigenvalue weighted by atomic mass is 10.9. The van der Waals surface area contributed by atoms with E-state index in [9.17, 15) is 4.57 Å². The fraction of sp³-hybridized carbons (Fsp3) is 1.00. The Morgan fingerprint density at radius 1 is 1.11 bits per heavy atom. The maximum Gasteiger partial charge on any atom is 0.175 e. The van der Waals surface area contributed by atoms with E-state index in [1.165, 1.54) is 0 Å². The standard InChI is InChI=1S/C6H10ClOP/c7-9(8,5-1-2-5)6-3-4-6/h5-6H,1-4H2. The zero-order chi connectivity index (χ0) is 6.48. The Morgan fingerprint density at radius 2 is 1.44 bits per heavy atom. The van der Waals surface area contributed by atoms with Gasteiger partial charge in [0.25, 0.3) is 0 Å². The molecule has 2 aliphatic rings. The number of halogens is 1. The van der Waals surface area contributed by atoms with Gasteiger partial charge in [0.05, 0.1) is 0 Å². The van der Waals surface area contributed by atoms with Crippen LogP contribution in [0.3, 0.4) is 0 Å². The van der Waals surface area contributed by atoms with Crippen molar-refractivity contribution in [2.75, 3.05) is 0 Å². The highest BCUT2D eigenvalue weighted by molar-refractivity contribution is 7.90. The van der Waals surface area contributed by atoms with Crippen LogP contribution < -0.4 is 0 Å². The quantitative estimate of drug-likeness (QED) is 0.574. The highest BCUT2D eigenvalue weighted by Crippen LogP contribution is 2.73. The van der Waals surface area contributed by atoms with Crippen molar-refractivity contribution >= 4 is 17.7 Å². The molecule has 0 bridgehead atoms. The van der Waals surface area contributed by atoms with Crippen molar-refractivity contribution in [3.8, 4) is 0 Å². The molecule has 0 unspecified atom stereocenters. The molecule has 0 aromatic heterocycles. The molecule has 0 N–H and O–H groups in total. The van der Waals surface area contributed by atoms with E-state index in [0.717, 1.165) is 25.7 Å². The zero-order valence-electron chi connectivity index (χ0n) is 5.22. The van der Waals surface area contributed by atoms with Crippen LogP contribution in [0, 0.1) is 0 Å². The van der Waals surface area contributed by atoms with Crippen molar-refractivity contribution in [1.82, 2.24) is 0 Å². The normalized spacial score (nSPS) is 28.6. The van der Waals surface area contributed by atoms with Crippen LogP contribution in [0.1, 0.15) is 25.7 Å².